The van der Waals surface area contributed by atoms with Gasteiger partial charge in [-0.1, -0.05) is 0 Å². The van der Waals surface area contributed by atoms with E-state index in [2.05, 4.69) is 11.2 Å². The minimum Gasteiger partial charge on any atom is -0.285 e. The van der Waals surface area contributed by atoms with Gasteiger partial charge in [0.05, 0.1) is 0 Å². The summed E-state index contributed by atoms with van der Waals surface area (Å²) in [7, 11) is -3.83. The Bertz CT molecular complexity index is 92.0. The summed E-state index contributed by atoms with van der Waals surface area (Å²) in [5.74, 6) is 0. The fraction of sp³-hybridized carbons (Fsp3) is 0. The van der Waals surface area contributed by atoms with Gasteiger partial charge in [-0.2, -0.15) is 4.21 Å². The molecule has 2 N–H and O–H groups in total. The second-order valence-electron chi connectivity index (χ2n) is 0.448. The average molecular weight is 251 g/mol. The van der Waals surface area contributed by atoms with Gasteiger partial charge in [0.1, 0.15) is 0 Å². The maximum absolute atomic E-state index is 9.11. The molecule has 0 rings (SSSR count). The van der Waals surface area contributed by atoms with Crippen molar-refractivity contribution in [1.82, 2.24) is 0 Å². The van der Waals surface area contributed by atoms with Gasteiger partial charge >= 0.3 is 0 Å². The van der Waals surface area contributed by atoms with Crippen LogP contribution in [0, 0.1) is 0 Å². The van der Waals surface area contributed by atoms with E-state index >= 15 is 0 Å². The summed E-state index contributed by atoms with van der Waals surface area (Å²) in [6.07, 6.45) is 0. The molecule has 0 unspecified atom stereocenters. The molecule has 0 aliphatic rings. The summed E-state index contributed by atoms with van der Waals surface area (Å²) in [6.45, 7) is 0. The Hall–Kier alpha value is 1.86. The Balaban J connectivity index is 0. The molecule has 3 nitrogen and oxygen atoms in total. The van der Waals surface area contributed by atoms with Gasteiger partial charge < -0.3 is 0 Å². The van der Waals surface area contributed by atoms with Crippen molar-refractivity contribution < 1.29 is 13.3 Å². The van der Waals surface area contributed by atoms with Crippen LogP contribution >= 0.6 is 0 Å². The molecule has 0 aliphatic carbocycles. The van der Waals surface area contributed by atoms with Crippen LogP contribution in [0.3, 0.4) is 0 Å². The van der Waals surface area contributed by atoms with Crippen LogP contribution in [-0.4, -0.2) is 62.2 Å². The van der Waals surface area contributed by atoms with Crippen molar-refractivity contribution in [2.24, 2.45) is 0 Å². The van der Waals surface area contributed by atoms with Gasteiger partial charge in [0.2, 0.25) is 0 Å². The summed E-state index contributed by atoms with van der Waals surface area (Å²) in [5.41, 5.74) is 0. The molecule has 2 radical (unpaired) electrons. The fourth-order valence-corrected chi connectivity index (χ4v) is 0. The molecule has 0 aliphatic heterocycles. The summed E-state index contributed by atoms with van der Waals surface area (Å²) in [6, 6.07) is 0. The smallest absolute Gasteiger partial charge is 0.263 e. The van der Waals surface area contributed by atoms with E-state index < -0.39 is 9.05 Å². The quantitative estimate of drug-likeness (QED) is 0.559. The minimum atomic E-state index is -3.83. The zero-order valence-corrected chi connectivity index (χ0v) is 8.90. The van der Waals surface area contributed by atoms with E-state index in [1.807, 2.05) is 0 Å². The van der Waals surface area contributed by atoms with Crippen molar-refractivity contribution in [1.29, 1.82) is 0 Å². The molecule has 0 atom stereocenters. The van der Waals surface area contributed by atoms with Crippen molar-refractivity contribution in [3.63, 3.8) is 0 Å². The van der Waals surface area contributed by atoms with Crippen LogP contribution in [-0.2, 0) is 20.2 Å². The maximum Gasteiger partial charge on any atom is 0.263 e. The van der Waals surface area contributed by atoms with Gasteiger partial charge in [-0.05, 0) is 0 Å². The summed E-state index contributed by atoms with van der Waals surface area (Å²) in [4.78, 5) is 0. The van der Waals surface area contributed by atoms with Crippen LogP contribution < -0.4 is 0 Å². The molecule has 0 amide bonds. The first-order valence-electron chi connectivity index (χ1n) is 0.698. The molecular weight excluding hydrogens is 249 g/mol. The molecule has 0 heterocycles. The third-order valence-electron chi connectivity index (χ3n) is 0. The number of hydrogen-bond donors (Lipinski definition) is 2. The standard InChI is InChI=1S/Ba.H2O3S2/c;1-5(2,3)4/h;(H2,1,2,3,4). The van der Waals surface area contributed by atoms with Crippen molar-refractivity contribution in [3.05, 3.63) is 0 Å². The SMILES string of the molecule is O=S(O)(O)=S.[Ba]. The van der Waals surface area contributed by atoms with Gasteiger partial charge in [0.25, 0.3) is 9.05 Å². The normalized spacial score (nSPS) is 9.67. The van der Waals surface area contributed by atoms with Gasteiger partial charge in [-0.25, -0.2) is 0 Å². The first kappa shape index (κ1) is 10.8. The molecular formula is H2BaO3S2. The van der Waals surface area contributed by atoms with Crippen LogP contribution in [0.15, 0.2) is 0 Å². The fourth-order valence-electron chi connectivity index (χ4n) is 0. The zero-order chi connectivity index (χ0) is 4.50. The predicted molar refractivity (Wildman–Crippen MR) is 26.5 cm³/mol. The Morgan fingerprint density at radius 1 is 1.50 bits per heavy atom. The second-order valence-corrected chi connectivity index (χ2v) is 2.65. The monoisotopic (exact) mass is 252 g/mol. The van der Waals surface area contributed by atoms with Crippen molar-refractivity contribution in [2.75, 3.05) is 0 Å². The Morgan fingerprint density at radius 3 is 1.50 bits per heavy atom. The topological polar surface area (TPSA) is 57.5 Å². The van der Waals surface area contributed by atoms with Crippen LogP contribution in [0.25, 0.3) is 0 Å². The third-order valence-corrected chi connectivity index (χ3v) is 0. The van der Waals surface area contributed by atoms with Gasteiger partial charge in [0, 0.05) is 60.1 Å². The molecule has 0 saturated carbocycles. The molecule has 0 fully saturated rings. The molecule has 0 aromatic carbocycles. The summed E-state index contributed by atoms with van der Waals surface area (Å²) < 4.78 is 24.0. The Morgan fingerprint density at radius 2 is 1.50 bits per heavy atom. The van der Waals surface area contributed by atoms with Crippen molar-refractivity contribution >= 4 is 69.1 Å². The van der Waals surface area contributed by atoms with E-state index in [0.717, 1.165) is 0 Å². The second kappa shape index (κ2) is 3.81. The van der Waals surface area contributed by atoms with E-state index in [1.165, 1.54) is 0 Å². The van der Waals surface area contributed by atoms with Crippen LogP contribution in [0.5, 0.6) is 0 Å². The zero-order valence-electron chi connectivity index (χ0n) is 2.83. The summed E-state index contributed by atoms with van der Waals surface area (Å²) >= 11 is 3.47. The molecule has 0 bridgehead atoms. The molecule has 0 aromatic rings. The van der Waals surface area contributed by atoms with Crippen LogP contribution in [0.4, 0.5) is 0 Å². The molecule has 0 aromatic heterocycles. The van der Waals surface area contributed by atoms with Crippen molar-refractivity contribution in [3.8, 4) is 0 Å². The minimum absolute atomic E-state index is 0. The van der Waals surface area contributed by atoms with Gasteiger partial charge in [0.15, 0.2) is 0 Å². The first-order valence-corrected chi connectivity index (χ1v) is 3.10. The van der Waals surface area contributed by atoms with E-state index in [-0.39, 0.29) is 48.9 Å². The van der Waals surface area contributed by atoms with E-state index in [9.17, 15) is 0 Å². The van der Waals surface area contributed by atoms with Gasteiger partial charge in [-0.15, -0.1) is 0 Å². The molecule has 34 valence electrons. The molecule has 0 saturated heterocycles. The van der Waals surface area contributed by atoms with E-state index in [4.69, 9.17) is 13.3 Å². The largest absolute Gasteiger partial charge is 0.285 e. The average Bonchev–Trinajstić information content (AvgIpc) is 0.722. The number of rotatable bonds is 0. The predicted octanol–water partition coefficient (Wildman–Crippen LogP) is -0.702. The van der Waals surface area contributed by atoms with Crippen molar-refractivity contribution in [2.45, 2.75) is 0 Å². The Labute approximate surface area is 80.9 Å². The molecule has 6 heteroatoms. The van der Waals surface area contributed by atoms with Crippen LogP contribution in [0.2, 0.25) is 0 Å². The van der Waals surface area contributed by atoms with Crippen LogP contribution in [0.1, 0.15) is 0 Å². The van der Waals surface area contributed by atoms with E-state index in [0.29, 0.717) is 0 Å². The molecule has 0 spiro atoms. The third kappa shape index (κ3) is 40.0. The number of hydrogen-bond acceptors (Lipinski definition) is 2. The molecule has 6 heavy (non-hydrogen) atoms. The first-order chi connectivity index (χ1) is 2.00. The van der Waals surface area contributed by atoms with Gasteiger partial charge in [-0.3, -0.25) is 9.11 Å². The maximum atomic E-state index is 9.11. The van der Waals surface area contributed by atoms with E-state index in [1.54, 1.807) is 0 Å². The Kier molecular flexibility index (Phi) is 6.85. The summed E-state index contributed by atoms with van der Waals surface area (Å²) in [5, 5.41) is 0.